The predicted molar refractivity (Wildman–Crippen MR) is 234 cm³/mol. The Kier molecular flexibility index (Phi) is 22.0. The average molecular weight is 875 g/mol. The molecule has 1 fully saturated rings. The van der Waals surface area contributed by atoms with Crippen molar-refractivity contribution in [3.8, 4) is 0 Å². The van der Waals surface area contributed by atoms with E-state index in [2.05, 4.69) is 16.0 Å². The molecular formula is C45H74N6O11. The first-order valence-electron chi connectivity index (χ1n) is 21.8. The maximum atomic E-state index is 14.3. The molecule has 0 spiro atoms. The van der Waals surface area contributed by atoms with Crippen LogP contribution in [0.25, 0.3) is 0 Å². The molecule has 17 heteroatoms. The van der Waals surface area contributed by atoms with E-state index in [1.54, 1.807) is 54.1 Å². The molecule has 5 amide bonds. The SMILES string of the molecule is CC[C@H](C)[C@@H]([C@@H](CC(=O)N1CCC[C@H]1[C@H](OC)[C@@H](C)C(=O)N[C@@H](Cc1ccccc1)C(=O)NC(CCC(=O)O)C(=O)O)OC)N(C)C(=O)[C@@H](NC(=O)[C@H](C(C)C)N(C)C)C(C)C. The van der Waals surface area contributed by atoms with E-state index in [1.165, 1.54) is 14.2 Å². The molecular weight excluding hydrogens is 801 g/mol. The van der Waals surface area contributed by atoms with Gasteiger partial charge in [-0.15, -0.1) is 0 Å². The third kappa shape index (κ3) is 15.0. The predicted octanol–water partition coefficient (Wildman–Crippen LogP) is 2.80. The number of nitrogens with one attached hydrogen (secondary N) is 3. The summed E-state index contributed by atoms with van der Waals surface area (Å²) in [7, 11) is 8.31. The van der Waals surface area contributed by atoms with Gasteiger partial charge < -0.3 is 45.4 Å². The highest BCUT2D eigenvalue weighted by atomic mass is 16.5. The fraction of sp³-hybridized carbons (Fsp3) is 0.711. The van der Waals surface area contributed by atoms with E-state index in [1.807, 2.05) is 60.5 Å². The van der Waals surface area contributed by atoms with Gasteiger partial charge in [-0.05, 0) is 56.7 Å². The minimum absolute atomic E-state index is 0.00611. The van der Waals surface area contributed by atoms with E-state index in [0.717, 1.165) is 0 Å². The van der Waals surface area contributed by atoms with Crippen LogP contribution in [0.4, 0.5) is 0 Å². The Labute approximate surface area is 368 Å². The molecule has 62 heavy (non-hydrogen) atoms. The second-order valence-electron chi connectivity index (χ2n) is 17.6. The van der Waals surface area contributed by atoms with Gasteiger partial charge in [-0.25, -0.2) is 4.79 Å². The molecule has 17 nitrogen and oxygen atoms in total. The molecule has 1 saturated heterocycles. The van der Waals surface area contributed by atoms with E-state index in [9.17, 15) is 38.7 Å². The first-order chi connectivity index (χ1) is 29.1. The number of likely N-dealkylation sites (N-methyl/N-ethyl adjacent to an activating group) is 2. The van der Waals surface area contributed by atoms with Crippen molar-refractivity contribution in [2.45, 2.75) is 142 Å². The zero-order valence-corrected chi connectivity index (χ0v) is 38.9. The van der Waals surface area contributed by atoms with Crippen LogP contribution in [0.3, 0.4) is 0 Å². The van der Waals surface area contributed by atoms with Crippen molar-refractivity contribution in [1.82, 2.24) is 30.7 Å². The molecule has 1 aromatic carbocycles. The average Bonchev–Trinajstić information content (AvgIpc) is 3.70. The van der Waals surface area contributed by atoms with Crippen molar-refractivity contribution >= 4 is 41.5 Å². The lowest BCUT2D eigenvalue weighted by atomic mass is 9.89. The second-order valence-corrected chi connectivity index (χ2v) is 17.6. The third-order valence-electron chi connectivity index (χ3n) is 12.1. The van der Waals surface area contributed by atoms with Gasteiger partial charge in [-0.2, -0.15) is 0 Å². The summed E-state index contributed by atoms with van der Waals surface area (Å²) in [6, 6.07) is 3.82. The van der Waals surface area contributed by atoms with Gasteiger partial charge in [0.15, 0.2) is 0 Å². The lowest BCUT2D eigenvalue weighted by Crippen LogP contribution is -2.59. The van der Waals surface area contributed by atoms with Crippen LogP contribution < -0.4 is 16.0 Å². The van der Waals surface area contributed by atoms with Crippen LogP contribution in [0.2, 0.25) is 0 Å². The Bertz CT molecular complexity index is 1630. The zero-order valence-electron chi connectivity index (χ0n) is 38.9. The number of rotatable bonds is 26. The summed E-state index contributed by atoms with van der Waals surface area (Å²) in [4.78, 5) is 97.9. The van der Waals surface area contributed by atoms with Crippen LogP contribution in [-0.2, 0) is 49.5 Å². The quantitative estimate of drug-likeness (QED) is 0.0907. The molecule has 2 rings (SSSR count). The number of carbonyl (C=O) groups excluding carboxylic acids is 5. The number of carboxylic acids is 2. The van der Waals surface area contributed by atoms with E-state index in [4.69, 9.17) is 14.6 Å². The van der Waals surface area contributed by atoms with Crippen LogP contribution in [0, 0.1) is 23.7 Å². The zero-order chi connectivity index (χ0) is 47.0. The summed E-state index contributed by atoms with van der Waals surface area (Å²) in [5, 5.41) is 27.0. The molecule has 0 saturated carbocycles. The number of amides is 5. The highest BCUT2D eigenvalue weighted by Crippen LogP contribution is 2.30. The number of methoxy groups -OCH3 is 2. The lowest BCUT2D eigenvalue weighted by molar-refractivity contribution is -0.148. The van der Waals surface area contributed by atoms with Crippen molar-refractivity contribution in [3.05, 3.63) is 35.9 Å². The minimum Gasteiger partial charge on any atom is -0.481 e. The topological polar surface area (TPSA) is 224 Å². The largest absolute Gasteiger partial charge is 0.481 e. The van der Waals surface area contributed by atoms with Crippen LogP contribution >= 0.6 is 0 Å². The second kappa shape index (κ2) is 25.5. The Balaban J connectivity index is 2.34. The Morgan fingerprint density at radius 2 is 1.44 bits per heavy atom. The maximum Gasteiger partial charge on any atom is 0.326 e. The first-order valence-corrected chi connectivity index (χ1v) is 21.8. The van der Waals surface area contributed by atoms with Crippen molar-refractivity contribution in [3.63, 3.8) is 0 Å². The number of benzene rings is 1. The fourth-order valence-electron chi connectivity index (χ4n) is 8.57. The van der Waals surface area contributed by atoms with E-state index in [-0.39, 0.29) is 54.7 Å². The number of ether oxygens (including phenoxy) is 2. The van der Waals surface area contributed by atoms with Gasteiger partial charge >= 0.3 is 11.9 Å². The minimum atomic E-state index is -1.49. The molecule has 5 N–H and O–H groups in total. The Morgan fingerprint density at radius 3 is 1.94 bits per heavy atom. The number of hydrogen-bond donors (Lipinski definition) is 5. The highest BCUT2D eigenvalue weighted by Gasteiger charge is 2.43. The molecule has 0 aliphatic carbocycles. The Hall–Kier alpha value is -4.61. The monoisotopic (exact) mass is 875 g/mol. The van der Waals surface area contributed by atoms with Gasteiger partial charge in [-0.1, -0.05) is 85.2 Å². The molecule has 0 bridgehead atoms. The fourth-order valence-corrected chi connectivity index (χ4v) is 8.57. The standard InChI is InChI=1S/C45H74N6O11/c1-13-28(6)39(50(10)44(58)37(26(2)3)48-43(57)38(27(4)5)49(8)9)34(61-11)25-35(52)51-23-17-20-33(51)40(62-12)29(7)41(55)47-32(24-30-18-15-14-16-19-30)42(56)46-31(45(59)60)21-22-36(53)54/h14-16,18-19,26-29,31-34,37-40H,13,17,20-25H2,1-12H3,(H,46,56)(H,47,55)(H,48,57)(H,53,54)(H,59,60)/t28-,29+,31?,32-,33-,34+,37-,38-,39-,40+/m0/s1. The summed E-state index contributed by atoms with van der Waals surface area (Å²) in [5.41, 5.74) is 0.693. The number of carbonyl (C=O) groups is 7. The number of hydrogen-bond acceptors (Lipinski definition) is 10. The maximum absolute atomic E-state index is 14.3. The number of aliphatic carboxylic acids is 2. The van der Waals surface area contributed by atoms with Gasteiger partial charge in [0.05, 0.1) is 42.7 Å². The van der Waals surface area contributed by atoms with Crippen molar-refractivity contribution in [2.75, 3.05) is 41.9 Å². The number of likely N-dealkylation sites (tertiary alicyclic amines) is 1. The van der Waals surface area contributed by atoms with Gasteiger partial charge in [0.25, 0.3) is 0 Å². The molecule has 1 aliphatic rings. The number of nitrogens with zero attached hydrogens (tertiary/aromatic N) is 3. The van der Waals surface area contributed by atoms with Crippen molar-refractivity contribution in [2.24, 2.45) is 23.7 Å². The molecule has 1 aliphatic heterocycles. The van der Waals surface area contributed by atoms with Crippen molar-refractivity contribution < 1.29 is 53.2 Å². The van der Waals surface area contributed by atoms with Gasteiger partial charge in [0.2, 0.25) is 29.5 Å². The van der Waals surface area contributed by atoms with Crippen LogP contribution in [0.5, 0.6) is 0 Å². The molecule has 1 heterocycles. The van der Waals surface area contributed by atoms with E-state index < -0.39 is 84.6 Å². The molecule has 1 aromatic rings. The lowest BCUT2D eigenvalue weighted by Gasteiger charge is -2.41. The number of carboxylic acid groups (broad SMARTS) is 2. The van der Waals surface area contributed by atoms with Gasteiger partial charge in [0, 0.05) is 40.7 Å². The molecule has 0 radical (unpaired) electrons. The third-order valence-corrected chi connectivity index (χ3v) is 12.1. The highest BCUT2D eigenvalue weighted by molar-refractivity contribution is 5.92. The summed E-state index contributed by atoms with van der Waals surface area (Å²) in [5.74, 6) is -5.95. The van der Waals surface area contributed by atoms with Crippen LogP contribution in [0.15, 0.2) is 30.3 Å². The molecule has 10 atom stereocenters. The summed E-state index contributed by atoms with van der Waals surface area (Å²) in [6.45, 7) is 13.7. The molecule has 350 valence electrons. The van der Waals surface area contributed by atoms with Crippen molar-refractivity contribution in [1.29, 1.82) is 0 Å². The normalized spacial score (nSPS) is 18.5. The smallest absolute Gasteiger partial charge is 0.326 e. The van der Waals surface area contributed by atoms with E-state index >= 15 is 0 Å². The molecule has 0 aromatic heterocycles. The summed E-state index contributed by atoms with van der Waals surface area (Å²) < 4.78 is 11.9. The van der Waals surface area contributed by atoms with Crippen LogP contribution in [0.1, 0.15) is 92.6 Å². The molecule has 1 unspecified atom stereocenters. The van der Waals surface area contributed by atoms with E-state index in [0.29, 0.717) is 31.4 Å². The Morgan fingerprint density at radius 1 is 0.823 bits per heavy atom. The van der Waals surface area contributed by atoms with Gasteiger partial charge in [-0.3, -0.25) is 33.7 Å². The van der Waals surface area contributed by atoms with Gasteiger partial charge in [0.1, 0.15) is 18.1 Å². The van der Waals surface area contributed by atoms with Crippen LogP contribution in [-0.4, -0.2) is 157 Å². The summed E-state index contributed by atoms with van der Waals surface area (Å²) in [6.07, 6.45) is -0.548. The first kappa shape index (κ1) is 53.5. The summed E-state index contributed by atoms with van der Waals surface area (Å²) >= 11 is 0.